The molecule has 0 aliphatic rings. The van der Waals surface area contributed by atoms with Crippen LogP contribution in [0.25, 0.3) is 0 Å². The van der Waals surface area contributed by atoms with Gasteiger partial charge in [-0.15, -0.1) is 0 Å². The van der Waals surface area contributed by atoms with Crippen molar-refractivity contribution < 1.29 is 18.5 Å². The molecule has 1 aromatic carbocycles. The number of nitro benzene ring substituents is 1. The molecule has 0 atom stereocenters. The minimum absolute atomic E-state index is 0.0720. The van der Waals surface area contributed by atoms with Crippen LogP contribution >= 0.6 is 0 Å². The number of hydrogen-bond acceptors (Lipinski definition) is 3. The average molecular weight is 256 g/mol. The largest absolute Gasteiger partial charge is 0.348 e. The van der Waals surface area contributed by atoms with Crippen LogP contribution in [0.1, 0.15) is 17.3 Å². The predicted octanol–water partition coefficient (Wildman–Crippen LogP) is 2.18. The van der Waals surface area contributed by atoms with Crippen molar-refractivity contribution in [3.05, 3.63) is 51.6 Å². The van der Waals surface area contributed by atoms with Crippen LogP contribution in [0, 0.1) is 21.7 Å². The Morgan fingerprint density at radius 1 is 1.50 bits per heavy atom. The first-order valence-electron chi connectivity index (χ1n) is 4.89. The maximum Gasteiger partial charge on any atom is 0.308 e. The maximum atomic E-state index is 13.6. The molecule has 0 fully saturated rings. The van der Waals surface area contributed by atoms with Crippen molar-refractivity contribution in [2.24, 2.45) is 0 Å². The minimum Gasteiger partial charge on any atom is -0.348 e. The normalized spacial score (nSPS) is 9.94. The van der Waals surface area contributed by atoms with Gasteiger partial charge < -0.3 is 5.32 Å². The van der Waals surface area contributed by atoms with Gasteiger partial charge in [-0.25, -0.2) is 4.39 Å². The van der Waals surface area contributed by atoms with E-state index < -0.39 is 33.7 Å². The number of carbonyl (C=O) groups is 1. The fraction of sp³-hybridized carbons (Fsp3) is 0.182. The van der Waals surface area contributed by atoms with Gasteiger partial charge in [-0.05, 0) is 13.0 Å². The standard InChI is InChI=1S/C11H10F2N2O3/c1-6(2)5-14-11(16)8-3-7(12)4-9(10(8)13)15(17)18/h3-4H,1,5H2,2H3,(H,14,16). The Morgan fingerprint density at radius 3 is 2.61 bits per heavy atom. The summed E-state index contributed by atoms with van der Waals surface area (Å²) in [6.07, 6.45) is 0. The second kappa shape index (κ2) is 5.35. The third-order valence-electron chi connectivity index (χ3n) is 2.01. The monoisotopic (exact) mass is 256 g/mol. The average Bonchev–Trinajstić information content (AvgIpc) is 2.28. The highest BCUT2D eigenvalue weighted by atomic mass is 19.1. The molecule has 0 aliphatic carbocycles. The molecule has 5 nitrogen and oxygen atoms in total. The van der Waals surface area contributed by atoms with E-state index in [0.29, 0.717) is 17.7 Å². The lowest BCUT2D eigenvalue weighted by Gasteiger charge is -2.06. The first kappa shape index (κ1) is 13.8. The SMILES string of the molecule is C=C(C)CNC(=O)c1cc(F)cc([N+](=O)[O-])c1F. The molecule has 1 rings (SSSR count). The van der Waals surface area contributed by atoms with E-state index in [9.17, 15) is 23.7 Å². The number of carbonyl (C=O) groups excluding carboxylic acids is 1. The van der Waals surface area contributed by atoms with E-state index in [1.807, 2.05) is 0 Å². The number of nitrogens with zero attached hydrogens (tertiary/aromatic N) is 1. The lowest BCUT2D eigenvalue weighted by atomic mass is 10.1. The van der Waals surface area contributed by atoms with Gasteiger partial charge in [0.05, 0.1) is 16.6 Å². The molecule has 1 aromatic rings. The fourth-order valence-electron chi connectivity index (χ4n) is 1.20. The van der Waals surface area contributed by atoms with Gasteiger partial charge in [0, 0.05) is 6.54 Å². The summed E-state index contributed by atoms with van der Waals surface area (Å²) in [6, 6.07) is 1.03. The van der Waals surface area contributed by atoms with Crippen LogP contribution in [-0.4, -0.2) is 17.4 Å². The zero-order valence-corrected chi connectivity index (χ0v) is 9.50. The van der Waals surface area contributed by atoms with E-state index in [1.165, 1.54) is 0 Å². The number of halogens is 2. The molecule has 18 heavy (non-hydrogen) atoms. The van der Waals surface area contributed by atoms with E-state index in [0.717, 1.165) is 0 Å². The van der Waals surface area contributed by atoms with Crippen LogP contribution in [-0.2, 0) is 0 Å². The number of benzene rings is 1. The summed E-state index contributed by atoms with van der Waals surface area (Å²) in [5, 5.41) is 12.7. The Bertz CT molecular complexity index is 529. The highest BCUT2D eigenvalue weighted by Crippen LogP contribution is 2.22. The molecule has 1 amide bonds. The van der Waals surface area contributed by atoms with Gasteiger partial charge in [0.25, 0.3) is 5.91 Å². The fourth-order valence-corrected chi connectivity index (χ4v) is 1.20. The Balaban J connectivity index is 3.12. The number of rotatable bonds is 4. The topological polar surface area (TPSA) is 72.2 Å². The summed E-state index contributed by atoms with van der Waals surface area (Å²) in [6.45, 7) is 5.22. The first-order valence-corrected chi connectivity index (χ1v) is 4.89. The van der Waals surface area contributed by atoms with Crippen molar-refractivity contribution in [2.45, 2.75) is 6.92 Å². The third-order valence-corrected chi connectivity index (χ3v) is 2.01. The van der Waals surface area contributed by atoms with Gasteiger partial charge in [0.15, 0.2) is 0 Å². The van der Waals surface area contributed by atoms with Crippen molar-refractivity contribution >= 4 is 11.6 Å². The van der Waals surface area contributed by atoms with E-state index in [4.69, 9.17) is 0 Å². The third kappa shape index (κ3) is 3.09. The molecule has 0 saturated heterocycles. The van der Waals surface area contributed by atoms with Gasteiger partial charge in [-0.1, -0.05) is 12.2 Å². The van der Waals surface area contributed by atoms with Crippen LogP contribution in [0.3, 0.4) is 0 Å². The second-order valence-corrected chi connectivity index (χ2v) is 3.68. The number of amides is 1. The molecule has 1 N–H and O–H groups in total. The highest BCUT2D eigenvalue weighted by molar-refractivity contribution is 5.95. The second-order valence-electron chi connectivity index (χ2n) is 3.68. The molecule has 0 unspecified atom stereocenters. The van der Waals surface area contributed by atoms with Gasteiger partial charge in [0.1, 0.15) is 5.82 Å². The molecule has 0 aliphatic heterocycles. The Kier molecular flexibility index (Phi) is 4.09. The van der Waals surface area contributed by atoms with E-state index in [2.05, 4.69) is 11.9 Å². The molecule has 0 aromatic heterocycles. The quantitative estimate of drug-likeness (QED) is 0.509. The zero-order chi connectivity index (χ0) is 13.9. The Morgan fingerprint density at radius 2 is 2.11 bits per heavy atom. The summed E-state index contributed by atoms with van der Waals surface area (Å²) >= 11 is 0. The van der Waals surface area contributed by atoms with Crippen LogP contribution in [0.15, 0.2) is 24.3 Å². The van der Waals surface area contributed by atoms with Crippen LogP contribution in [0.2, 0.25) is 0 Å². The molecular weight excluding hydrogens is 246 g/mol. The molecular formula is C11H10F2N2O3. The van der Waals surface area contributed by atoms with Crippen molar-refractivity contribution in [3.8, 4) is 0 Å². The minimum atomic E-state index is -1.36. The summed E-state index contributed by atoms with van der Waals surface area (Å²) in [7, 11) is 0. The zero-order valence-electron chi connectivity index (χ0n) is 9.50. The summed E-state index contributed by atoms with van der Waals surface area (Å²) in [5.41, 5.74) is -1.17. The molecule has 96 valence electrons. The number of hydrogen-bond donors (Lipinski definition) is 1. The molecule has 7 heteroatoms. The van der Waals surface area contributed by atoms with Crippen LogP contribution in [0.5, 0.6) is 0 Å². The molecule has 0 saturated carbocycles. The lowest BCUT2D eigenvalue weighted by Crippen LogP contribution is -2.26. The van der Waals surface area contributed by atoms with Gasteiger partial charge >= 0.3 is 5.69 Å². The van der Waals surface area contributed by atoms with Crippen molar-refractivity contribution in [1.29, 1.82) is 0 Å². The van der Waals surface area contributed by atoms with Crippen molar-refractivity contribution in [2.75, 3.05) is 6.54 Å². The number of nitro groups is 1. The van der Waals surface area contributed by atoms with Gasteiger partial charge in [0.2, 0.25) is 5.82 Å². The molecule has 0 heterocycles. The van der Waals surface area contributed by atoms with Crippen LogP contribution < -0.4 is 5.32 Å². The molecule has 0 spiro atoms. The lowest BCUT2D eigenvalue weighted by molar-refractivity contribution is -0.387. The molecule has 0 radical (unpaired) electrons. The van der Waals surface area contributed by atoms with Gasteiger partial charge in [-0.2, -0.15) is 4.39 Å². The van der Waals surface area contributed by atoms with E-state index >= 15 is 0 Å². The van der Waals surface area contributed by atoms with Gasteiger partial charge in [-0.3, -0.25) is 14.9 Å². The van der Waals surface area contributed by atoms with Crippen molar-refractivity contribution in [3.63, 3.8) is 0 Å². The van der Waals surface area contributed by atoms with Crippen LogP contribution in [0.4, 0.5) is 14.5 Å². The van der Waals surface area contributed by atoms with E-state index in [1.54, 1.807) is 6.92 Å². The van der Waals surface area contributed by atoms with E-state index in [-0.39, 0.29) is 6.54 Å². The summed E-state index contributed by atoms with van der Waals surface area (Å²) in [5.74, 6) is -3.35. The predicted molar refractivity (Wildman–Crippen MR) is 60.2 cm³/mol. The number of nitrogens with one attached hydrogen (secondary N) is 1. The summed E-state index contributed by atoms with van der Waals surface area (Å²) in [4.78, 5) is 20.9. The first-order chi connectivity index (χ1) is 8.32. The Hall–Kier alpha value is -2.31. The smallest absolute Gasteiger partial charge is 0.308 e. The summed E-state index contributed by atoms with van der Waals surface area (Å²) < 4.78 is 26.6. The van der Waals surface area contributed by atoms with Crippen molar-refractivity contribution in [1.82, 2.24) is 5.32 Å². The Labute approximate surface area is 101 Å². The maximum absolute atomic E-state index is 13.6. The highest BCUT2D eigenvalue weighted by Gasteiger charge is 2.23. The molecule has 0 bridgehead atoms.